The van der Waals surface area contributed by atoms with E-state index in [1.165, 1.54) is 13.2 Å². The first-order valence-electron chi connectivity index (χ1n) is 4.96. The van der Waals surface area contributed by atoms with Gasteiger partial charge < -0.3 is 10.1 Å². The van der Waals surface area contributed by atoms with Crippen LogP contribution >= 0.6 is 11.6 Å². The molecule has 1 saturated heterocycles. The maximum Gasteiger partial charge on any atom is 0.145 e. The molecule has 0 spiro atoms. The maximum atomic E-state index is 13.4. The van der Waals surface area contributed by atoms with Crippen molar-refractivity contribution in [2.45, 2.75) is 12.3 Å². The average Bonchev–Trinajstić information content (AvgIpc) is 2.75. The number of ether oxygens (including phenoxy) is 1. The zero-order valence-electron chi connectivity index (χ0n) is 8.52. The molecule has 1 aromatic rings. The van der Waals surface area contributed by atoms with Gasteiger partial charge in [0.05, 0.1) is 7.11 Å². The highest BCUT2D eigenvalue weighted by molar-refractivity contribution is 6.32. The molecule has 0 radical (unpaired) electrons. The van der Waals surface area contributed by atoms with Crippen molar-refractivity contribution in [3.63, 3.8) is 0 Å². The largest absolute Gasteiger partial charge is 0.495 e. The summed E-state index contributed by atoms with van der Waals surface area (Å²) in [7, 11) is 1.50. The Morgan fingerprint density at radius 2 is 2.33 bits per heavy atom. The molecule has 0 aromatic heterocycles. The molecule has 1 unspecified atom stereocenters. The summed E-state index contributed by atoms with van der Waals surface area (Å²) in [6, 6.07) is 3.32. The monoisotopic (exact) mass is 229 g/mol. The van der Waals surface area contributed by atoms with Crippen molar-refractivity contribution in [3.05, 3.63) is 28.5 Å². The number of halogens is 2. The van der Waals surface area contributed by atoms with Crippen molar-refractivity contribution >= 4 is 11.6 Å². The van der Waals surface area contributed by atoms with E-state index in [-0.39, 0.29) is 5.02 Å². The molecule has 0 aliphatic carbocycles. The van der Waals surface area contributed by atoms with Crippen molar-refractivity contribution in [2.24, 2.45) is 0 Å². The molecule has 1 N–H and O–H groups in total. The number of hydrogen-bond donors (Lipinski definition) is 1. The summed E-state index contributed by atoms with van der Waals surface area (Å²) in [6.45, 7) is 1.88. The first kappa shape index (κ1) is 10.7. The lowest BCUT2D eigenvalue weighted by Crippen LogP contribution is -2.08. The Morgan fingerprint density at radius 1 is 1.53 bits per heavy atom. The van der Waals surface area contributed by atoms with Crippen LogP contribution in [0, 0.1) is 5.82 Å². The highest BCUT2D eigenvalue weighted by atomic mass is 35.5. The van der Waals surface area contributed by atoms with Crippen molar-refractivity contribution in [1.29, 1.82) is 0 Å². The van der Waals surface area contributed by atoms with Crippen LogP contribution in [0.3, 0.4) is 0 Å². The number of benzene rings is 1. The van der Waals surface area contributed by atoms with Crippen LogP contribution in [0.25, 0.3) is 0 Å². The highest BCUT2D eigenvalue weighted by Gasteiger charge is 2.19. The molecule has 0 bridgehead atoms. The first-order chi connectivity index (χ1) is 7.22. The molecule has 2 nitrogen and oxygen atoms in total. The Kier molecular flexibility index (Phi) is 3.12. The Hall–Kier alpha value is -0.800. The van der Waals surface area contributed by atoms with Crippen molar-refractivity contribution in [2.75, 3.05) is 20.2 Å². The molecule has 0 saturated carbocycles. The minimum Gasteiger partial charge on any atom is -0.495 e. The minimum atomic E-state index is -0.405. The topological polar surface area (TPSA) is 21.3 Å². The Bertz CT molecular complexity index is 364. The van der Waals surface area contributed by atoms with E-state index in [1.807, 2.05) is 6.07 Å². The summed E-state index contributed by atoms with van der Waals surface area (Å²) >= 11 is 5.76. The molecular formula is C11H13ClFNO. The Morgan fingerprint density at radius 3 is 2.93 bits per heavy atom. The SMILES string of the molecule is COc1cc(C2CCNC2)cc(F)c1Cl. The molecule has 1 heterocycles. The van der Waals surface area contributed by atoms with E-state index in [2.05, 4.69) is 5.32 Å². The van der Waals surface area contributed by atoms with Gasteiger partial charge >= 0.3 is 0 Å². The minimum absolute atomic E-state index is 0.0622. The van der Waals surface area contributed by atoms with Gasteiger partial charge in [-0.15, -0.1) is 0 Å². The third kappa shape index (κ3) is 2.08. The smallest absolute Gasteiger partial charge is 0.145 e. The summed E-state index contributed by atoms with van der Waals surface area (Å²) in [5.74, 6) is 0.377. The van der Waals surface area contributed by atoms with Crippen molar-refractivity contribution in [1.82, 2.24) is 5.32 Å². The van der Waals surface area contributed by atoms with Gasteiger partial charge in [-0.3, -0.25) is 0 Å². The van der Waals surface area contributed by atoms with E-state index in [1.54, 1.807) is 0 Å². The van der Waals surface area contributed by atoms with E-state index in [0.29, 0.717) is 11.7 Å². The standard InChI is InChI=1S/C11H13ClFNO/c1-15-10-5-8(4-9(13)11(10)12)7-2-3-14-6-7/h4-5,7,14H,2-3,6H2,1H3. The lowest BCUT2D eigenvalue weighted by Gasteiger charge is -2.12. The number of rotatable bonds is 2. The second kappa shape index (κ2) is 4.37. The van der Waals surface area contributed by atoms with Crippen molar-refractivity contribution < 1.29 is 9.13 Å². The molecule has 0 amide bonds. The molecule has 1 aliphatic rings. The lowest BCUT2D eigenvalue weighted by atomic mass is 9.98. The third-order valence-corrected chi connectivity index (χ3v) is 3.14. The molecule has 1 fully saturated rings. The van der Waals surface area contributed by atoms with Crippen molar-refractivity contribution in [3.8, 4) is 5.75 Å². The van der Waals surface area contributed by atoms with E-state index >= 15 is 0 Å². The third-order valence-electron chi connectivity index (χ3n) is 2.77. The second-order valence-electron chi connectivity index (χ2n) is 3.71. The summed E-state index contributed by atoms with van der Waals surface area (Å²) < 4.78 is 18.5. The quantitative estimate of drug-likeness (QED) is 0.842. The zero-order valence-corrected chi connectivity index (χ0v) is 9.27. The summed E-state index contributed by atoms with van der Waals surface area (Å²) in [5.41, 5.74) is 0.957. The molecule has 82 valence electrons. The summed E-state index contributed by atoms with van der Waals surface area (Å²) in [6.07, 6.45) is 1.03. The number of nitrogens with one attached hydrogen (secondary N) is 1. The molecule has 1 aliphatic heterocycles. The Labute approximate surface area is 93.4 Å². The van der Waals surface area contributed by atoms with Crippen LogP contribution in [0.1, 0.15) is 17.9 Å². The van der Waals surface area contributed by atoms with Crippen LogP contribution in [0.2, 0.25) is 5.02 Å². The van der Waals surface area contributed by atoms with E-state index in [4.69, 9.17) is 16.3 Å². The van der Waals surface area contributed by atoms with Crippen LogP contribution < -0.4 is 10.1 Å². The van der Waals surface area contributed by atoms with Crippen LogP contribution in [0.4, 0.5) is 4.39 Å². The summed E-state index contributed by atoms with van der Waals surface area (Å²) in [5, 5.41) is 3.31. The second-order valence-corrected chi connectivity index (χ2v) is 4.09. The molecular weight excluding hydrogens is 217 g/mol. The van der Waals surface area contributed by atoms with Crippen LogP contribution in [-0.4, -0.2) is 20.2 Å². The molecule has 1 atom stereocenters. The molecule has 15 heavy (non-hydrogen) atoms. The van der Waals surface area contributed by atoms with Gasteiger partial charge in [-0.1, -0.05) is 11.6 Å². The van der Waals surface area contributed by atoms with E-state index in [0.717, 1.165) is 25.1 Å². The van der Waals surface area contributed by atoms with Gasteiger partial charge in [0, 0.05) is 6.54 Å². The summed E-state index contributed by atoms with van der Waals surface area (Å²) in [4.78, 5) is 0. The van der Waals surface area contributed by atoms with E-state index in [9.17, 15) is 4.39 Å². The zero-order chi connectivity index (χ0) is 10.8. The normalized spacial score (nSPS) is 20.6. The fourth-order valence-corrected chi connectivity index (χ4v) is 2.09. The molecule has 4 heteroatoms. The van der Waals surface area contributed by atoms with Gasteiger partial charge in [0.25, 0.3) is 0 Å². The van der Waals surface area contributed by atoms with Crippen LogP contribution in [-0.2, 0) is 0 Å². The predicted octanol–water partition coefficient (Wildman–Crippen LogP) is 2.56. The van der Waals surface area contributed by atoms with Crippen LogP contribution in [0.15, 0.2) is 12.1 Å². The fourth-order valence-electron chi connectivity index (χ4n) is 1.91. The predicted molar refractivity (Wildman–Crippen MR) is 58.2 cm³/mol. The first-order valence-corrected chi connectivity index (χ1v) is 5.34. The fraction of sp³-hybridized carbons (Fsp3) is 0.455. The molecule has 1 aromatic carbocycles. The van der Waals surface area contributed by atoms with Gasteiger partial charge in [-0.05, 0) is 36.6 Å². The average molecular weight is 230 g/mol. The van der Waals surface area contributed by atoms with Gasteiger partial charge in [0.1, 0.15) is 16.6 Å². The van der Waals surface area contributed by atoms with E-state index < -0.39 is 5.82 Å². The van der Waals surface area contributed by atoms with Gasteiger partial charge in [-0.2, -0.15) is 0 Å². The highest BCUT2D eigenvalue weighted by Crippen LogP contribution is 2.33. The van der Waals surface area contributed by atoms with Gasteiger partial charge in [0.2, 0.25) is 0 Å². The number of hydrogen-bond acceptors (Lipinski definition) is 2. The van der Waals surface area contributed by atoms with Crippen LogP contribution in [0.5, 0.6) is 5.75 Å². The Balaban J connectivity index is 2.35. The molecule has 2 rings (SSSR count). The lowest BCUT2D eigenvalue weighted by molar-refractivity contribution is 0.410. The maximum absolute atomic E-state index is 13.4. The number of methoxy groups -OCH3 is 1. The van der Waals surface area contributed by atoms with Gasteiger partial charge in [0.15, 0.2) is 0 Å². The van der Waals surface area contributed by atoms with Gasteiger partial charge in [-0.25, -0.2) is 4.39 Å².